The van der Waals surface area contributed by atoms with Gasteiger partial charge < -0.3 is 29.6 Å². The Kier molecular flexibility index (Phi) is 13.9. The summed E-state index contributed by atoms with van der Waals surface area (Å²) >= 11 is 0. The summed E-state index contributed by atoms with van der Waals surface area (Å²) < 4.78 is 21.3. The van der Waals surface area contributed by atoms with Crippen LogP contribution in [0.3, 0.4) is 0 Å². The molecule has 0 bridgehead atoms. The Labute approximate surface area is 242 Å². The Balaban J connectivity index is 2.56. The van der Waals surface area contributed by atoms with Crippen molar-refractivity contribution in [2.45, 2.75) is 79.1 Å². The molecule has 0 radical (unpaired) electrons. The summed E-state index contributed by atoms with van der Waals surface area (Å²) in [4.78, 5) is 49.2. The molecule has 2 atom stereocenters. The molecule has 0 fully saturated rings. The van der Waals surface area contributed by atoms with Gasteiger partial charge in [-0.2, -0.15) is 0 Å². The Morgan fingerprint density at radius 1 is 0.902 bits per heavy atom. The second-order valence-corrected chi connectivity index (χ2v) is 10.1. The minimum Gasteiger partial charge on any atom is -0.465 e. The molecule has 0 spiro atoms. The first-order valence-corrected chi connectivity index (χ1v) is 14.3. The fourth-order valence-electron chi connectivity index (χ4n) is 4.77. The van der Waals surface area contributed by atoms with Crippen LogP contribution in [0.5, 0.6) is 11.5 Å². The number of ether oxygens (including phenoxy) is 4. The third-order valence-electron chi connectivity index (χ3n) is 6.72. The number of hydrogen-bond acceptors (Lipinski definition) is 8. The van der Waals surface area contributed by atoms with Gasteiger partial charge in [-0.15, -0.1) is 0 Å². The van der Waals surface area contributed by atoms with Gasteiger partial charge in [-0.05, 0) is 77.0 Å². The number of benzene rings is 1. The van der Waals surface area contributed by atoms with Crippen molar-refractivity contribution in [3.8, 4) is 11.5 Å². The van der Waals surface area contributed by atoms with E-state index in [1.165, 1.54) is 0 Å². The molecule has 10 heteroatoms. The van der Waals surface area contributed by atoms with Gasteiger partial charge in [-0.3, -0.25) is 9.59 Å². The number of allylic oxidation sites excluding steroid dienone is 3. The lowest BCUT2D eigenvalue weighted by Crippen LogP contribution is -2.34. The molecule has 10 nitrogen and oxygen atoms in total. The van der Waals surface area contributed by atoms with E-state index in [0.717, 1.165) is 48.8 Å². The molecule has 1 aromatic carbocycles. The van der Waals surface area contributed by atoms with E-state index < -0.39 is 24.1 Å². The standard InChI is InChI=1S/C31H44N2O8/c1-7-10-11-12-22-16-25(40-30(36)32-18-27(34)38-8-2)29(24-15-21(6)13-14-23(24)20(4)5)26(17-22)41-31(37)33-19-28(35)39-9-3/h15-17,23-24H,4,7-14,18-19H2,1-3,5-6H3,(H,32,36)(H,33,37)/t23-,24+/m0/s1. The summed E-state index contributed by atoms with van der Waals surface area (Å²) in [6.45, 7) is 13.3. The number of esters is 2. The smallest absolute Gasteiger partial charge is 0.413 e. The molecule has 0 saturated heterocycles. The van der Waals surface area contributed by atoms with Gasteiger partial charge in [0, 0.05) is 11.5 Å². The Hall–Kier alpha value is -3.82. The summed E-state index contributed by atoms with van der Waals surface area (Å²) in [6, 6.07) is 3.57. The lowest BCUT2D eigenvalue weighted by molar-refractivity contribution is -0.142. The zero-order valence-corrected chi connectivity index (χ0v) is 24.9. The van der Waals surface area contributed by atoms with Crippen molar-refractivity contribution in [2.75, 3.05) is 26.3 Å². The van der Waals surface area contributed by atoms with Crippen molar-refractivity contribution in [2.24, 2.45) is 5.92 Å². The summed E-state index contributed by atoms with van der Waals surface area (Å²) in [5.41, 5.74) is 3.41. The monoisotopic (exact) mass is 572 g/mol. The van der Waals surface area contributed by atoms with Crippen molar-refractivity contribution < 1.29 is 38.1 Å². The van der Waals surface area contributed by atoms with E-state index >= 15 is 0 Å². The minimum absolute atomic E-state index is 0.000437. The van der Waals surface area contributed by atoms with Crippen molar-refractivity contribution in [1.29, 1.82) is 0 Å². The molecule has 2 amide bonds. The van der Waals surface area contributed by atoms with Crippen LogP contribution in [0.15, 0.2) is 35.9 Å². The summed E-state index contributed by atoms with van der Waals surface area (Å²) in [5.74, 6) is -1.04. The largest absolute Gasteiger partial charge is 0.465 e. The Bertz CT molecular complexity index is 1070. The molecule has 1 aliphatic rings. The van der Waals surface area contributed by atoms with Gasteiger partial charge in [0.2, 0.25) is 0 Å². The number of carbonyl (C=O) groups excluding carboxylic acids is 4. The van der Waals surface area contributed by atoms with Crippen LogP contribution in [0.1, 0.15) is 83.8 Å². The van der Waals surface area contributed by atoms with Gasteiger partial charge in [-0.1, -0.05) is 43.6 Å². The lowest BCUT2D eigenvalue weighted by Gasteiger charge is -2.32. The van der Waals surface area contributed by atoms with Crippen LogP contribution in [-0.4, -0.2) is 50.4 Å². The molecule has 2 rings (SSSR count). The van der Waals surface area contributed by atoms with E-state index in [4.69, 9.17) is 18.9 Å². The number of carbonyl (C=O) groups is 4. The molecular formula is C31H44N2O8. The van der Waals surface area contributed by atoms with E-state index in [1.54, 1.807) is 26.0 Å². The zero-order chi connectivity index (χ0) is 30.4. The van der Waals surface area contributed by atoms with Crippen LogP contribution in [0.4, 0.5) is 9.59 Å². The van der Waals surface area contributed by atoms with E-state index in [1.807, 2.05) is 13.8 Å². The lowest BCUT2D eigenvalue weighted by atomic mass is 9.73. The van der Waals surface area contributed by atoms with E-state index in [2.05, 4.69) is 30.2 Å². The second kappa shape index (κ2) is 17.1. The summed E-state index contributed by atoms with van der Waals surface area (Å²) in [5, 5.41) is 4.85. The van der Waals surface area contributed by atoms with Gasteiger partial charge in [0.05, 0.1) is 13.2 Å². The van der Waals surface area contributed by atoms with Crippen molar-refractivity contribution in [3.63, 3.8) is 0 Å². The van der Waals surface area contributed by atoms with Crippen LogP contribution >= 0.6 is 0 Å². The molecule has 0 saturated carbocycles. The maximum absolute atomic E-state index is 12.8. The SMILES string of the molecule is C=C(C)[C@@H]1CCC(C)=C[C@H]1c1c(OC(=O)NCC(=O)OCC)cc(CCCCC)cc1OC(=O)NCC(=O)OCC. The number of unbranched alkanes of at least 4 members (excludes halogenated alkanes) is 2. The zero-order valence-electron chi connectivity index (χ0n) is 24.9. The summed E-state index contributed by atoms with van der Waals surface area (Å²) in [7, 11) is 0. The topological polar surface area (TPSA) is 129 Å². The normalized spacial score (nSPS) is 16.2. The maximum atomic E-state index is 12.8. The molecular weight excluding hydrogens is 528 g/mol. The van der Waals surface area contributed by atoms with Crippen LogP contribution in [0.2, 0.25) is 0 Å². The molecule has 41 heavy (non-hydrogen) atoms. The fraction of sp³-hybridized carbons (Fsp3) is 0.548. The van der Waals surface area contributed by atoms with Crippen LogP contribution in [0.25, 0.3) is 0 Å². The van der Waals surface area contributed by atoms with Crippen LogP contribution in [-0.2, 0) is 25.5 Å². The highest BCUT2D eigenvalue weighted by Crippen LogP contribution is 2.47. The molecule has 2 N–H and O–H groups in total. The van der Waals surface area contributed by atoms with E-state index in [-0.39, 0.29) is 49.6 Å². The van der Waals surface area contributed by atoms with Crippen molar-refractivity contribution in [3.05, 3.63) is 47.1 Å². The van der Waals surface area contributed by atoms with Gasteiger partial charge in [0.25, 0.3) is 0 Å². The van der Waals surface area contributed by atoms with Gasteiger partial charge in [-0.25, -0.2) is 9.59 Å². The van der Waals surface area contributed by atoms with Crippen molar-refractivity contribution in [1.82, 2.24) is 10.6 Å². The Morgan fingerprint density at radius 2 is 1.44 bits per heavy atom. The van der Waals surface area contributed by atoms with E-state index in [0.29, 0.717) is 12.0 Å². The highest BCUT2D eigenvalue weighted by Gasteiger charge is 2.32. The van der Waals surface area contributed by atoms with Gasteiger partial charge in [0.1, 0.15) is 24.6 Å². The minimum atomic E-state index is -0.842. The fourth-order valence-corrected chi connectivity index (χ4v) is 4.77. The molecule has 1 aromatic rings. The number of aryl methyl sites for hydroxylation is 1. The molecule has 0 aliphatic heterocycles. The maximum Gasteiger partial charge on any atom is 0.413 e. The molecule has 226 valence electrons. The molecule has 0 heterocycles. The van der Waals surface area contributed by atoms with E-state index in [9.17, 15) is 19.2 Å². The van der Waals surface area contributed by atoms with Gasteiger partial charge in [0.15, 0.2) is 0 Å². The molecule has 1 aliphatic carbocycles. The predicted octanol–water partition coefficient (Wildman–Crippen LogP) is 5.74. The number of nitrogens with one attached hydrogen (secondary N) is 2. The number of rotatable bonds is 14. The molecule has 0 unspecified atom stereocenters. The van der Waals surface area contributed by atoms with Crippen LogP contribution in [0, 0.1) is 5.92 Å². The van der Waals surface area contributed by atoms with Crippen LogP contribution < -0.4 is 20.1 Å². The average molecular weight is 573 g/mol. The first-order valence-electron chi connectivity index (χ1n) is 14.3. The third-order valence-corrected chi connectivity index (χ3v) is 6.72. The van der Waals surface area contributed by atoms with Crippen molar-refractivity contribution >= 4 is 24.1 Å². The number of amides is 2. The second-order valence-electron chi connectivity index (χ2n) is 10.1. The summed E-state index contributed by atoms with van der Waals surface area (Å²) in [6.07, 6.45) is 5.67. The number of hydrogen-bond donors (Lipinski definition) is 2. The highest BCUT2D eigenvalue weighted by atomic mass is 16.6. The quantitative estimate of drug-likeness (QED) is 0.164. The highest BCUT2D eigenvalue weighted by molar-refractivity contribution is 5.81. The van der Waals surface area contributed by atoms with Gasteiger partial charge >= 0.3 is 24.1 Å². The Morgan fingerprint density at radius 3 is 1.90 bits per heavy atom. The third kappa shape index (κ3) is 10.9. The molecule has 0 aromatic heterocycles. The first kappa shape index (κ1) is 33.4. The predicted molar refractivity (Wildman–Crippen MR) is 155 cm³/mol. The average Bonchev–Trinajstić information content (AvgIpc) is 2.91. The first-order chi connectivity index (χ1) is 19.6.